The van der Waals surface area contributed by atoms with Crippen LogP contribution in [0.5, 0.6) is 0 Å². The van der Waals surface area contributed by atoms with Crippen molar-refractivity contribution in [2.75, 3.05) is 13.6 Å². The van der Waals surface area contributed by atoms with E-state index < -0.39 is 0 Å². The number of nitrogens with one attached hydrogen (secondary N) is 1. The molecular formula is C8H16N4. The molecule has 0 radical (unpaired) electrons. The van der Waals surface area contributed by atoms with Crippen LogP contribution in [0, 0.1) is 5.92 Å². The fourth-order valence-electron chi connectivity index (χ4n) is 1.22. The molecule has 0 saturated heterocycles. The second-order valence-electron chi connectivity index (χ2n) is 2.95. The zero-order chi connectivity index (χ0) is 8.81. The van der Waals surface area contributed by atoms with Gasteiger partial charge in [0, 0.05) is 6.54 Å². The van der Waals surface area contributed by atoms with Crippen molar-refractivity contribution in [3.8, 4) is 0 Å². The van der Waals surface area contributed by atoms with Crippen LogP contribution < -0.4 is 5.32 Å². The summed E-state index contributed by atoms with van der Waals surface area (Å²) in [7, 11) is 1.98. The lowest BCUT2D eigenvalue weighted by Crippen LogP contribution is -2.22. The number of hydrogen-bond acceptors (Lipinski definition) is 3. The molecule has 0 saturated carbocycles. The average molecular weight is 168 g/mol. The van der Waals surface area contributed by atoms with Gasteiger partial charge in [-0.1, -0.05) is 13.3 Å². The van der Waals surface area contributed by atoms with Crippen LogP contribution in [0.15, 0.2) is 12.7 Å². The predicted octanol–water partition coefficient (Wildman–Crippen LogP) is 0.524. The van der Waals surface area contributed by atoms with E-state index in [4.69, 9.17) is 0 Å². The van der Waals surface area contributed by atoms with E-state index in [1.165, 1.54) is 6.42 Å². The zero-order valence-corrected chi connectivity index (χ0v) is 7.70. The van der Waals surface area contributed by atoms with E-state index in [-0.39, 0.29) is 0 Å². The predicted molar refractivity (Wildman–Crippen MR) is 47.7 cm³/mol. The third-order valence-corrected chi connectivity index (χ3v) is 1.98. The molecule has 0 bridgehead atoms. The molecule has 1 unspecified atom stereocenters. The Hall–Kier alpha value is -0.900. The summed E-state index contributed by atoms with van der Waals surface area (Å²) in [6.45, 7) is 4.19. The molecule has 1 heterocycles. The van der Waals surface area contributed by atoms with Crippen LogP contribution in [-0.4, -0.2) is 28.4 Å². The second-order valence-corrected chi connectivity index (χ2v) is 2.95. The average Bonchev–Trinajstić information content (AvgIpc) is 2.56. The van der Waals surface area contributed by atoms with Gasteiger partial charge in [0.2, 0.25) is 0 Å². The second kappa shape index (κ2) is 4.87. The molecule has 1 rings (SSSR count). The normalized spacial score (nSPS) is 13.2. The summed E-state index contributed by atoms with van der Waals surface area (Å²) in [5.41, 5.74) is 0. The van der Waals surface area contributed by atoms with Crippen molar-refractivity contribution >= 4 is 0 Å². The van der Waals surface area contributed by atoms with Gasteiger partial charge in [0.1, 0.15) is 12.7 Å². The molecule has 4 nitrogen and oxygen atoms in total. The van der Waals surface area contributed by atoms with Gasteiger partial charge in [-0.15, -0.1) is 0 Å². The summed E-state index contributed by atoms with van der Waals surface area (Å²) < 4.78 is 1.88. The van der Waals surface area contributed by atoms with Gasteiger partial charge in [0.25, 0.3) is 0 Å². The van der Waals surface area contributed by atoms with Crippen molar-refractivity contribution in [3.63, 3.8) is 0 Å². The molecule has 0 aromatic carbocycles. The third kappa shape index (κ3) is 2.62. The van der Waals surface area contributed by atoms with E-state index in [1.54, 1.807) is 12.7 Å². The van der Waals surface area contributed by atoms with Crippen LogP contribution in [-0.2, 0) is 6.54 Å². The highest BCUT2D eigenvalue weighted by Gasteiger charge is 2.05. The van der Waals surface area contributed by atoms with Gasteiger partial charge in [-0.05, 0) is 19.5 Å². The number of rotatable bonds is 5. The zero-order valence-electron chi connectivity index (χ0n) is 7.70. The first-order chi connectivity index (χ1) is 5.86. The van der Waals surface area contributed by atoms with Crippen LogP contribution in [0.1, 0.15) is 13.3 Å². The molecule has 1 atom stereocenters. The van der Waals surface area contributed by atoms with Crippen LogP contribution in [0.4, 0.5) is 0 Å². The SMILES string of the molecule is CCC(CNC)Cn1cncn1. The number of hydrogen-bond donors (Lipinski definition) is 1. The molecule has 1 aromatic rings. The van der Waals surface area contributed by atoms with Gasteiger partial charge in [0.05, 0.1) is 0 Å². The van der Waals surface area contributed by atoms with E-state index in [9.17, 15) is 0 Å². The number of nitrogens with zero attached hydrogens (tertiary/aromatic N) is 3. The Labute approximate surface area is 73.0 Å². The molecule has 4 heteroatoms. The third-order valence-electron chi connectivity index (χ3n) is 1.98. The molecule has 1 aromatic heterocycles. The Morgan fingerprint density at radius 2 is 2.42 bits per heavy atom. The molecule has 12 heavy (non-hydrogen) atoms. The highest BCUT2D eigenvalue weighted by atomic mass is 15.3. The highest BCUT2D eigenvalue weighted by molar-refractivity contribution is 4.63. The maximum absolute atomic E-state index is 4.06. The van der Waals surface area contributed by atoms with Crippen molar-refractivity contribution in [1.29, 1.82) is 0 Å². The van der Waals surface area contributed by atoms with Crippen molar-refractivity contribution < 1.29 is 0 Å². The molecule has 0 fully saturated rings. The van der Waals surface area contributed by atoms with Crippen molar-refractivity contribution in [3.05, 3.63) is 12.7 Å². The Morgan fingerprint density at radius 3 is 2.92 bits per heavy atom. The fourth-order valence-corrected chi connectivity index (χ4v) is 1.22. The van der Waals surface area contributed by atoms with Gasteiger partial charge >= 0.3 is 0 Å². The van der Waals surface area contributed by atoms with E-state index in [0.29, 0.717) is 5.92 Å². The van der Waals surface area contributed by atoms with Crippen molar-refractivity contribution in [1.82, 2.24) is 20.1 Å². The van der Waals surface area contributed by atoms with Gasteiger partial charge in [0.15, 0.2) is 0 Å². The standard InChI is InChI=1S/C8H16N4/c1-3-8(4-9-2)5-12-7-10-6-11-12/h6-9H,3-5H2,1-2H3. The maximum Gasteiger partial charge on any atom is 0.137 e. The minimum absolute atomic E-state index is 0.650. The number of aromatic nitrogens is 3. The molecular weight excluding hydrogens is 152 g/mol. The summed E-state index contributed by atoms with van der Waals surface area (Å²) in [4.78, 5) is 3.90. The van der Waals surface area contributed by atoms with Crippen LogP contribution >= 0.6 is 0 Å². The molecule has 1 N–H and O–H groups in total. The summed E-state index contributed by atoms with van der Waals surface area (Å²) in [6.07, 6.45) is 4.51. The Morgan fingerprint density at radius 1 is 1.58 bits per heavy atom. The quantitative estimate of drug-likeness (QED) is 0.697. The van der Waals surface area contributed by atoms with Crippen LogP contribution in [0.3, 0.4) is 0 Å². The lowest BCUT2D eigenvalue weighted by molar-refractivity contribution is 0.394. The van der Waals surface area contributed by atoms with Crippen LogP contribution in [0.25, 0.3) is 0 Å². The van der Waals surface area contributed by atoms with E-state index in [1.807, 2.05) is 11.7 Å². The molecule has 0 aliphatic rings. The first kappa shape index (κ1) is 9.19. The summed E-state index contributed by atoms with van der Waals surface area (Å²) >= 11 is 0. The summed E-state index contributed by atoms with van der Waals surface area (Å²) in [5.74, 6) is 0.650. The molecule has 0 aliphatic heterocycles. The molecule has 0 aliphatic carbocycles. The van der Waals surface area contributed by atoms with Gasteiger partial charge in [-0.3, -0.25) is 4.68 Å². The molecule has 0 spiro atoms. The smallest absolute Gasteiger partial charge is 0.137 e. The Kier molecular flexibility index (Phi) is 3.73. The van der Waals surface area contributed by atoms with E-state index >= 15 is 0 Å². The molecule has 0 amide bonds. The monoisotopic (exact) mass is 168 g/mol. The van der Waals surface area contributed by atoms with Gasteiger partial charge in [-0.25, -0.2) is 4.98 Å². The Bertz CT molecular complexity index is 195. The minimum atomic E-state index is 0.650. The maximum atomic E-state index is 4.06. The highest BCUT2D eigenvalue weighted by Crippen LogP contribution is 2.03. The summed E-state index contributed by atoms with van der Waals surface area (Å²) in [6, 6.07) is 0. The minimum Gasteiger partial charge on any atom is -0.319 e. The van der Waals surface area contributed by atoms with Gasteiger partial charge in [-0.2, -0.15) is 5.10 Å². The molecule has 68 valence electrons. The largest absolute Gasteiger partial charge is 0.319 e. The van der Waals surface area contributed by atoms with Gasteiger partial charge < -0.3 is 5.32 Å². The first-order valence-electron chi connectivity index (χ1n) is 4.33. The van der Waals surface area contributed by atoms with E-state index in [0.717, 1.165) is 13.1 Å². The lowest BCUT2D eigenvalue weighted by Gasteiger charge is -2.13. The van der Waals surface area contributed by atoms with E-state index in [2.05, 4.69) is 22.3 Å². The topological polar surface area (TPSA) is 42.7 Å². The first-order valence-corrected chi connectivity index (χ1v) is 4.33. The fraction of sp³-hybridized carbons (Fsp3) is 0.750. The lowest BCUT2D eigenvalue weighted by atomic mass is 10.1. The summed E-state index contributed by atoms with van der Waals surface area (Å²) in [5, 5.41) is 7.23. The van der Waals surface area contributed by atoms with Crippen molar-refractivity contribution in [2.45, 2.75) is 19.9 Å². The Balaban J connectivity index is 2.37. The van der Waals surface area contributed by atoms with Crippen molar-refractivity contribution in [2.24, 2.45) is 5.92 Å². The van der Waals surface area contributed by atoms with Crippen LogP contribution in [0.2, 0.25) is 0 Å².